The zero-order valence-corrected chi connectivity index (χ0v) is 9.87. The molecule has 1 aromatic rings. The number of carbonyl (C=O) groups is 1. The molecule has 0 radical (unpaired) electrons. The summed E-state index contributed by atoms with van der Waals surface area (Å²) in [5, 5.41) is 0.576. The van der Waals surface area contributed by atoms with Gasteiger partial charge in [0.15, 0.2) is 0 Å². The number of aliphatic imine (C=N–C) groups is 1. The van der Waals surface area contributed by atoms with E-state index in [9.17, 15) is 9.59 Å². The number of isocyanates is 1. The van der Waals surface area contributed by atoms with Crippen molar-refractivity contribution in [3.05, 3.63) is 34.9 Å². The zero-order chi connectivity index (χ0) is 12.1. The molecule has 1 rings (SSSR count). The van der Waals surface area contributed by atoms with Crippen LogP contribution in [0.15, 0.2) is 29.3 Å². The molecule has 0 aliphatic rings. The number of alkyl halides is 1. The quantitative estimate of drug-likeness (QED) is 0.355. The number of benzene rings is 1. The van der Waals surface area contributed by atoms with Gasteiger partial charge in [-0.25, -0.2) is 9.59 Å². The van der Waals surface area contributed by atoms with Crippen molar-refractivity contribution in [2.24, 2.45) is 4.99 Å². The van der Waals surface area contributed by atoms with Gasteiger partial charge in [-0.3, -0.25) is 0 Å². The molecular weight excluding hydrogens is 251 g/mol. The van der Waals surface area contributed by atoms with Gasteiger partial charge in [0.25, 0.3) is 0 Å². The van der Waals surface area contributed by atoms with Crippen molar-refractivity contribution < 1.29 is 9.59 Å². The number of urea groups is 1. The van der Waals surface area contributed by atoms with E-state index in [1.165, 1.54) is 13.1 Å². The molecule has 1 aromatic carbocycles. The Bertz CT molecular complexity index is 427. The number of halogens is 2. The summed E-state index contributed by atoms with van der Waals surface area (Å²) in [6.45, 7) is 0. The highest BCUT2D eigenvalue weighted by Gasteiger charge is 2.18. The van der Waals surface area contributed by atoms with Crippen LogP contribution in [0.5, 0.6) is 0 Å². The van der Waals surface area contributed by atoms with E-state index in [1.807, 2.05) is 0 Å². The van der Waals surface area contributed by atoms with Gasteiger partial charge < -0.3 is 4.90 Å². The normalized spacial score (nSPS) is 11.4. The highest BCUT2D eigenvalue weighted by atomic mass is 35.5. The summed E-state index contributed by atoms with van der Waals surface area (Å²) in [5.41, 5.74) is -0.0233. The fraction of sp³-hybridized carbons (Fsp3) is 0.200. The second kappa shape index (κ2) is 5.66. The van der Waals surface area contributed by atoms with E-state index < -0.39 is 11.5 Å². The molecule has 0 spiro atoms. The van der Waals surface area contributed by atoms with Gasteiger partial charge in [0.2, 0.25) is 6.08 Å². The molecule has 0 aromatic heterocycles. The lowest BCUT2D eigenvalue weighted by atomic mass is 10.2. The monoisotopic (exact) mass is 258 g/mol. The average Bonchev–Trinajstić information content (AvgIpc) is 2.28. The molecule has 6 heteroatoms. The highest BCUT2D eigenvalue weighted by molar-refractivity contribution is 6.30. The van der Waals surface area contributed by atoms with Crippen LogP contribution in [0.3, 0.4) is 0 Å². The topological polar surface area (TPSA) is 49.7 Å². The molecule has 1 atom stereocenters. The van der Waals surface area contributed by atoms with Crippen molar-refractivity contribution in [3.8, 4) is 0 Å². The van der Waals surface area contributed by atoms with Crippen LogP contribution in [-0.4, -0.2) is 24.1 Å². The van der Waals surface area contributed by atoms with Gasteiger partial charge in [-0.2, -0.15) is 0 Å². The van der Waals surface area contributed by atoms with Gasteiger partial charge >= 0.3 is 6.03 Å². The van der Waals surface area contributed by atoms with E-state index in [4.69, 9.17) is 23.2 Å². The second-order valence-corrected chi connectivity index (χ2v) is 3.83. The molecule has 0 heterocycles. The van der Waals surface area contributed by atoms with Gasteiger partial charge in [0.1, 0.15) is 5.50 Å². The van der Waals surface area contributed by atoms with Crippen molar-refractivity contribution >= 4 is 35.3 Å². The summed E-state index contributed by atoms with van der Waals surface area (Å²) in [7, 11) is 1.44. The number of hydrogen-bond acceptors (Lipinski definition) is 2. The number of amides is 2. The first-order chi connectivity index (χ1) is 7.56. The summed E-state index contributed by atoms with van der Waals surface area (Å²) >= 11 is 11.7. The third-order valence-electron chi connectivity index (χ3n) is 1.93. The lowest BCUT2D eigenvalue weighted by Gasteiger charge is -2.20. The zero-order valence-electron chi connectivity index (χ0n) is 8.35. The van der Waals surface area contributed by atoms with Gasteiger partial charge in [0.05, 0.1) is 0 Å². The van der Waals surface area contributed by atoms with E-state index in [1.54, 1.807) is 24.3 Å². The Morgan fingerprint density at radius 3 is 2.50 bits per heavy atom. The minimum atomic E-state index is -0.745. The minimum Gasteiger partial charge on any atom is -0.305 e. The molecule has 0 aliphatic carbocycles. The molecule has 0 N–H and O–H groups in total. The molecule has 0 saturated heterocycles. The SMILES string of the molecule is CN(C(=O)N=C=O)C(Cl)c1ccc(Cl)cc1. The van der Waals surface area contributed by atoms with Crippen molar-refractivity contribution in [2.45, 2.75) is 5.50 Å². The third kappa shape index (κ3) is 3.07. The molecular formula is C10H8Cl2N2O2. The Morgan fingerprint density at radius 1 is 1.44 bits per heavy atom. The second-order valence-electron chi connectivity index (χ2n) is 2.98. The van der Waals surface area contributed by atoms with Crippen LogP contribution in [0.25, 0.3) is 0 Å². The van der Waals surface area contributed by atoms with E-state index in [0.29, 0.717) is 10.6 Å². The van der Waals surface area contributed by atoms with Crippen LogP contribution in [0.4, 0.5) is 4.79 Å². The fourth-order valence-electron chi connectivity index (χ4n) is 1.06. The maximum Gasteiger partial charge on any atom is 0.355 e. The first-order valence-corrected chi connectivity index (χ1v) is 5.12. The van der Waals surface area contributed by atoms with Gasteiger partial charge in [-0.05, 0) is 17.7 Å². The number of rotatable bonds is 2. The van der Waals surface area contributed by atoms with Crippen LogP contribution in [-0.2, 0) is 4.79 Å². The summed E-state index contributed by atoms with van der Waals surface area (Å²) in [5.74, 6) is 0. The van der Waals surface area contributed by atoms with E-state index in [2.05, 4.69) is 4.99 Å². The first-order valence-electron chi connectivity index (χ1n) is 4.30. The van der Waals surface area contributed by atoms with Crippen LogP contribution in [0.1, 0.15) is 11.1 Å². The Kier molecular flexibility index (Phi) is 4.50. The number of carbonyl (C=O) groups excluding carboxylic acids is 2. The summed E-state index contributed by atoms with van der Waals surface area (Å²) in [4.78, 5) is 25.2. The maximum absolute atomic E-state index is 11.2. The molecule has 2 amide bonds. The van der Waals surface area contributed by atoms with Crippen molar-refractivity contribution in [1.29, 1.82) is 0 Å². The minimum absolute atomic E-state index is 0.576. The standard InChI is InChI=1S/C10H8Cl2N2O2/c1-14(10(16)13-6-15)9(12)7-2-4-8(11)5-3-7/h2-5,9H,1H3. The number of hydrogen-bond donors (Lipinski definition) is 0. The largest absolute Gasteiger partial charge is 0.355 e. The third-order valence-corrected chi connectivity index (χ3v) is 2.72. The average molecular weight is 259 g/mol. The Labute approximate surface area is 102 Å². The Hall–Kier alpha value is -1.35. The fourth-order valence-corrected chi connectivity index (χ4v) is 1.42. The lowest BCUT2D eigenvalue weighted by molar-refractivity contribution is 0.215. The predicted octanol–water partition coefficient (Wildman–Crippen LogP) is 2.97. The summed E-state index contributed by atoms with van der Waals surface area (Å²) in [6.07, 6.45) is 1.17. The van der Waals surface area contributed by atoms with Crippen LogP contribution >= 0.6 is 23.2 Å². The van der Waals surface area contributed by atoms with Crippen LogP contribution in [0, 0.1) is 0 Å². The number of nitrogens with zero attached hydrogens (tertiary/aromatic N) is 2. The van der Waals surface area contributed by atoms with Crippen molar-refractivity contribution in [2.75, 3.05) is 7.05 Å². The summed E-state index contributed by atoms with van der Waals surface area (Å²) in [6, 6.07) is 5.95. The molecule has 0 bridgehead atoms. The van der Waals surface area contributed by atoms with Gasteiger partial charge in [-0.15, -0.1) is 4.99 Å². The van der Waals surface area contributed by atoms with Crippen LogP contribution < -0.4 is 0 Å². The Morgan fingerprint density at radius 2 is 2.00 bits per heavy atom. The molecule has 0 saturated carbocycles. The molecule has 0 aliphatic heterocycles. The van der Waals surface area contributed by atoms with Crippen LogP contribution in [0.2, 0.25) is 5.02 Å². The highest BCUT2D eigenvalue weighted by Crippen LogP contribution is 2.25. The van der Waals surface area contributed by atoms with Gasteiger partial charge in [-0.1, -0.05) is 35.3 Å². The van der Waals surface area contributed by atoms with Crippen molar-refractivity contribution in [1.82, 2.24) is 4.90 Å². The van der Waals surface area contributed by atoms with E-state index >= 15 is 0 Å². The predicted molar refractivity (Wildman–Crippen MR) is 61.3 cm³/mol. The Balaban J connectivity index is 2.85. The van der Waals surface area contributed by atoms with E-state index in [-0.39, 0.29) is 0 Å². The van der Waals surface area contributed by atoms with Crippen molar-refractivity contribution in [3.63, 3.8) is 0 Å². The summed E-state index contributed by atoms with van der Waals surface area (Å²) < 4.78 is 0. The molecule has 1 unspecified atom stereocenters. The van der Waals surface area contributed by atoms with Gasteiger partial charge in [0, 0.05) is 12.1 Å². The first kappa shape index (κ1) is 12.7. The lowest BCUT2D eigenvalue weighted by Crippen LogP contribution is -2.25. The smallest absolute Gasteiger partial charge is 0.305 e. The molecule has 4 nitrogen and oxygen atoms in total. The molecule has 0 fully saturated rings. The molecule has 84 valence electrons. The molecule has 16 heavy (non-hydrogen) atoms. The maximum atomic E-state index is 11.2. The van der Waals surface area contributed by atoms with E-state index in [0.717, 1.165) is 4.90 Å².